The van der Waals surface area contributed by atoms with E-state index in [1.165, 1.54) is 0 Å². The van der Waals surface area contributed by atoms with E-state index in [1.54, 1.807) is 0 Å². The predicted octanol–water partition coefficient (Wildman–Crippen LogP) is -3.45. The van der Waals surface area contributed by atoms with Crippen LogP contribution < -0.4 is 64.4 Å². The van der Waals surface area contributed by atoms with Gasteiger partial charge in [0.2, 0.25) is 16.3 Å². The number of aliphatic hydroxyl groups excluding tert-OH is 1. The Kier molecular flexibility index (Phi) is 13.2. The number of hydrogen-bond donors (Lipinski definition) is 2. The van der Waals surface area contributed by atoms with Gasteiger partial charge >= 0.3 is 59.1 Å². The second-order valence-electron chi connectivity index (χ2n) is 13.0. The Morgan fingerprint density at radius 2 is 1.70 bits per heavy atom. The number of carbonyl (C=O) groups is 1. The molecule has 40 heavy (non-hydrogen) atoms. The summed E-state index contributed by atoms with van der Waals surface area (Å²) in [6.07, 6.45) is 6.51. The molecule has 0 aromatic heterocycles. The second-order valence-corrected chi connectivity index (χ2v) is 15.5. The third-order valence-electron chi connectivity index (χ3n) is 11.2. The molecule has 0 radical (unpaired) electrons. The largest absolute Gasteiger partial charge is 1.00 e. The molecular weight excluding hydrogens is 580 g/mol. The van der Waals surface area contributed by atoms with Crippen LogP contribution >= 0.6 is 0 Å². The van der Waals surface area contributed by atoms with Gasteiger partial charge in [0.25, 0.3) is 0 Å². The zero-order valence-electron chi connectivity index (χ0n) is 24.6. The molecule has 4 rings (SSSR count). The SMILES string of the molecule is C[C@H](CCC(=O)NCCS(=O)(=O)[O-])[C@H]1CC[C@H]2[C@@H]3CC[C@@H]4C[C@H](OS(=O)(=O)[O-])CC[C@]4(C)C3C[C@H](O)[C@]12C.[Na+].[Na+]. The molecule has 0 aliphatic heterocycles. The van der Waals surface area contributed by atoms with E-state index < -0.39 is 38.5 Å². The molecule has 10 nitrogen and oxygen atoms in total. The molecule has 2 N–H and O–H groups in total. The maximum atomic E-state index is 12.2. The summed E-state index contributed by atoms with van der Waals surface area (Å²) in [6, 6.07) is 0. The molecule has 4 fully saturated rings. The van der Waals surface area contributed by atoms with Crippen LogP contribution in [0.3, 0.4) is 0 Å². The average molecular weight is 624 g/mol. The van der Waals surface area contributed by atoms with Gasteiger partial charge in [-0.05, 0) is 104 Å². The number of aliphatic hydroxyl groups is 1. The van der Waals surface area contributed by atoms with Crippen molar-refractivity contribution in [2.24, 2.45) is 46.3 Å². The monoisotopic (exact) mass is 623 g/mol. The topological polar surface area (TPSA) is 173 Å². The summed E-state index contributed by atoms with van der Waals surface area (Å²) in [5, 5.41) is 14.2. The fraction of sp³-hybridized carbons (Fsp3) is 0.962. The summed E-state index contributed by atoms with van der Waals surface area (Å²) in [6.45, 7) is 6.47. The van der Waals surface area contributed by atoms with Crippen LogP contribution in [0.2, 0.25) is 0 Å². The summed E-state index contributed by atoms with van der Waals surface area (Å²) in [5.41, 5.74) is -0.259. The van der Waals surface area contributed by atoms with Gasteiger partial charge in [-0.3, -0.25) is 8.98 Å². The Hall–Kier alpha value is 1.21. The Balaban J connectivity index is 0.00000280. The first-order valence-electron chi connectivity index (χ1n) is 14.1. The van der Waals surface area contributed by atoms with E-state index >= 15 is 0 Å². The van der Waals surface area contributed by atoms with Crippen molar-refractivity contribution >= 4 is 26.4 Å². The Morgan fingerprint density at radius 3 is 2.33 bits per heavy atom. The molecule has 4 saturated carbocycles. The normalized spacial score (nSPS) is 39.9. The number of rotatable bonds is 9. The van der Waals surface area contributed by atoms with E-state index in [0.717, 1.165) is 32.1 Å². The first-order chi connectivity index (χ1) is 17.5. The zero-order chi connectivity index (χ0) is 28.1. The van der Waals surface area contributed by atoms with Crippen LogP contribution in [0.1, 0.15) is 85.0 Å². The van der Waals surface area contributed by atoms with Crippen LogP contribution in [0.4, 0.5) is 0 Å². The number of fused-ring (bicyclic) bond motifs is 5. The molecule has 14 heteroatoms. The molecule has 10 atom stereocenters. The van der Waals surface area contributed by atoms with Crippen molar-refractivity contribution in [2.45, 2.75) is 97.2 Å². The molecule has 4 aliphatic rings. The van der Waals surface area contributed by atoms with Crippen molar-refractivity contribution in [1.82, 2.24) is 5.32 Å². The average Bonchev–Trinajstić information content (AvgIpc) is 3.15. The summed E-state index contributed by atoms with van der Waals surface area (Å²) >= 11 is 0. The van der Waals surface area contributed by atoms with E-state index in [-0.39, 0.29) is 107 Å². The molecule has 0 bridgehead atoms. The Bertz CT molecular complexity index is 1110. The number of amides is 1. The van der Waals surface area contributed by atoms with E-state index in [0.29, 0.717) is 43.4 Å². The van der Waals surface area contributed by atoms with Crippen molar-refractivity contribution < 1.29 is 99.1 Å². The van der Waals surface area contributed by atoms with Gasteiger partial charge in [0.05, 0.1) is 28.1 Å². The fourth-order valence-electron chi connectivity index (χ4n) is 9.36. The smallest absolute Gasteiger partial charge is 0.748 e. The van der Waals surface area contributed by atoms with Crippen LogP contribution in [0.25, 0.3) is 0 Å². The molecular formula is C26H43NNa2O9S2. The first kappa shape index (κ1) is 37.4. The van der Waals surface area contributed by atoms with Crippen LogP contribution in [-0.2, 0) is 29.5 Å². The van der Waals surface area contributed by atoms with Crippen molar-refractivity contribution in [3.8, 4) is 0 Å². The molecule has 1 unspecified atom stereocenters. The molecule has 4 aliphatic carbocycles. The molecule has 0 heterocycles. The summed E-state index contributed by atoms with van der Waals surface area (Å²) < 4.78 is 70.5. The predicted molar refractivity (Wildman–Crippen MR) is 137 cm³/mol. The standard InChI is InChI=1S/C26H45NO9S2.2Na/c1-16(4-9-24(29)27-12-13-37(30,31)32)20-7-8-21-19-6-5-17-14-18(36-38(33,34)35)10-11-25(17,2)22(19)15-23(28)26(20,21)3;;/h16-23,28H,4-15H2,1-3H3,(H,27,29)(H,30,31,32)(H,33,34,35);;/q;2*+1/p-2/t16-,17-,18-,19+,20-,21+,22?,23+,25+,26-;;/m1../s1. The molecule has 0 saturated heterocycles. The second kappa shape index (κ2) is 14.1. The van der Waals surface area contributed by atoms with Gasteiger partial charge in [-0.25, -0.2) is 16.8 Å². The van der Waals surface area contributed by atoms with Gasteiger partial charge in [0, 0.05) is 13.0 Å². The van der Waals surface area contributed by atoms with Gasteiger partial charge in [0.15, 0.2) is 0 Å². The third kappa shape index (κ3) is 8.07. The quantitative estimate of drug-likeness (QED) is 0.150. The molecule has 0 spiro atoms. The zero-order valence-corrected chi connectivity index (χ0v) is 30.3. The summed E-state index contributed by atoms with van der Waals surface area (Å²) in [7, 11) is -9.08. The van der Waals surface area contributed by atoms with E-state index in [9.17, 15) is 35.8 Å². The Morgan fingerprint density at radius 1 is 1.02 bits per heavy atom. The van der Waals surface area contributed by atoms with Gasteiger partial charge in [-0.2, -0.15) is 0 Å². The minimum Gasteiger partial charge on any atom is -0.748 e. The van der Waals surface area contributed by atoms with Gasteiger partial charge < -0.3 is 19.5 Å². The number of hydrogen-bond acceptors (Lipinski definition) is 9. The van der Waals surface area contributed by atoms with Crippen molar-refractivity contribution in [3.63, 3.8) is 0 Å². The fourth-order valence-corrected chi connectivity index (χ4v) is 10.2. The van der Waals surface area contributed by atoms with Crippen LogP contribution in [0.15, 0.2) is 0 Å². The van der Waals surface area contributed by atoms with Crippen LogP contribution in [0.5, 0.6) is 0 Å². The van der Waals surface area contributed by atoms with E-state index in [1.807, 2.05) is 0 Å². The molecule has 0 aromatic carbocycles. The summed E-state index contributed by atoms with van der Waals surface area (Å²) in [4.78, 5) is 12.2. The Labute approximate surface area is 284 Å². The van der Waals surface area contributed by atoms with Crippen molar-refractivity contribution in [1.29, 1.82) is 0 Å². The first-order valence-corrected chi connectivity index (χ1v) is 17.0. The van der Waals surface area contributed by atoms with Gasteiger partial charge in [-0.1, -0.05) is 20.8 Å². The van der Waals surface area contributed by atoms with Crippen molar-refractivity contribution in [2.75, 3.05) is 12.3 Å². The van der Waals surface area contributed by atoms with E-state index in [4.69, 9.17) is 4.18 Å². The molecule has 220 valence electrons. The summed E-state index contributed by atoms with van der Waals surface area (Å²) in [5.74, 6) is 1.09. The van der Waals surface area contributed by atoms with Gasteiger partial charge in [0.1, 0.15) is 0 Å². The molecule has 0 aromatic rings. The number of carbonyl (C=O) groups excluding carboxylic acids is 1. The maximum absolute atomic E-state index is 12.2. The maximum Gasteiger partial charge on any atom is 1.00 e. The third-order valence-corrected chi connectivity index (χ3v) is 12.4. The molecule has 1 amide bonds. The van der Waals surface area contributed by atoms with Crippen LogP contribution in [0, 0.1) is 46.3 Å². The number of nitrogens with one attached hydrogen (secondary N) is 1. The minimum atomic E-state index is -4.72. The van der Waals surface area contributed by atoms with Crippen LogP contribution in [-0.4, -0.2) is 61.5 Å². The van der Waals surface area contributed by atoms with Crippen molar-refractivity contribution in [3.05, 3.63) is 0 Å². The van der Waals surface area contributed by atoms with Gasteiger partial charge in [-0.15, -0.1) is 0 Å². The minimum absolute atomic E-state index is 0. The van der Waals surface area contributed by atoms with E-state index in [2.05, 4.69) is 26.1 Å².